The molecule has 3 saturated heterocycles. The molecule has 3 heterocycles. The van der Waals surface area contributed by atoms with Crippen LogP contribution in [0.4, 0.5) is 0 Å². The molecule has 0 saturated carbocycles. The average molecular weight is 882 g/mol. The molecule has 21 nitrogen and oxygen atoms in total. The normalized spacial score (nSPS) is 21.3. The molecule has 8 amide bonds. The summed E-state index contributed by atoms with van der Waals surface area (Å²) in [4.78, 5) is 135. The van der Waals surface area contributed by atoms with E-state index in [0.717, 1.165) is 4.90 Å². The first-order valence-electron chi connectivity index (χ1n) is 20.8. The van der Waals surface area contributed by atoms with Gasteiger partial charge in [-0.1, -0.05) is 27.7 Å². The number of carboxylic acid groups (broad SMARTS) is 2. The lowest BCUT2D eigenvalue weighted by Gasteiger charge is -2.33. The van der Waals surface area contributed by atoms with Crippen LogP contribution < -0.4 is 32.7 Å². The lowest BCUT2D eigenvalue weighted by molar-refractivity contribution is -0.148. The van der Waals surface area contributed by atoms with Crippen LogP contribution in [-0.2, 0) is 47.9 Å². The Hall–Kier alpha value is -4.99. The Morgan fingerprint density at radius 3 is 1.72 bits per heavy atom. The molecule has 3 fully saturated rings. The quantitative estimate of drug-likeness (QED) is 0.0590. The van der Waals surface area contributed by atoms with E-state index in [4.69, 9.17) is 11.5 Å². The Morgan fingerprint density at radius 1 is 0.672 bits per heavy atom. The van der Waals surface area contributed by atoms with E-state index < -0.39 is 120 Å². The maximum atomic E-state index is 14.0. The first kappa shape index (κ1) is 50.4. The van der Waals surface area contributed by atoms with Gasteiger partial charge in [-0.2, -0.15) is 11.8 Å². The molecular weight excluding hydrogens is 819 g/mol. The molecular formula is C39H63N9O12S. The number of hydrogen-bond acceptors (Lipinski definition) is 12. The van der Waals surface area contributed by atoms with Crippen molar-refractivity contribution in [1.29, 1.82) is 0 Å². The summed E-state index contributed by atoms with van der Waals surface area (Å²) in [5, 5.41) is 29.1. The van der Waals surface area contributed by atoms with Crippen molar-refractivity contribution in [3.05, 3.63) is 0 Å². The van der Waals surface area contributed by atoms with E-state index in [0.29, 0.717) is 44.4 Å². The minimum atomic E-state index is -1.78. The lowest BCUT2D eigenvalue weighted by atomic mass is 10.00. The highest BCUT2D eigenvalue weighted by Gasteiger charge is 2.45. The molecule has 8 atom stereocenters. The number of nitrogens with two attached hydrogens (primary N) is 2. The van der Waals surface area contributed by atoms with Crippen LogP contribution in [0.15, 0.2) is 0 Å². The fourth-order valence-electron chi connectivity index (χ4n) is 7.93. The fourth-order valence-corrected chi connectivity index (χ4v) is 8.42. The summed E-state index contributed by atoms with van der Waals surface area (Å²) in [6, 6.07) is -9.77. The van der Waals surface area contributed by atoms with Crippen molar-refractivity contribution < 1.29 is 58.2 Å². The maximum Gasteiger partial charge on any atom is 0.326 e. The Bertz CT molecular complexity index is 1660. The molecule has 3 aliphatic heterocycles. The summed E-state index contributed by atoms with van der Waals surface area (Å²) < 4.78 is 0. The Labute approximate surface area is 359 Å². The number of aliphatic carboxylic acids is 2. The monoisotopic (exact) mass is 881 g/mol. The number of carboxylic acids is 2. The number of thioether (sulfide) groups is 1. The molecule has 0 aliphatic carbocycles. The molecule has 0 aromatic carbocycles. The van der Waals surface area contributed by atoms with E-state index in [1.54, 1.807) is 27.7 Å². The highest BCUT2D eigenvalue weighted by Crippen LogP contribution is 2.26. The van der Waals surface area contributed by atoms with Crippen molar-refractivity contribution in [3.8, 4) is 0 Å². The second-order valence-electron chi connectivity index (χ2n) is 16.6. The summed E-state index contributed by atoms with van der Waals surface area (Å²) in [6.07, 6.45) is 2.74. The SMILES string of the molecule is CSCC[C@H](N)C(=O)N1CCC[C@H]1C(=O)N1CCC[C@H]1C(=O)N[C@@H](CC(=O)O)C(=O)N[C@@H](CC(N)=O)C(=O)N1CCC[C@H]1C(=O)N[C@H](C(=O)N[C@@H](CC(C)C)C(=O)O)C(C)C. The van der Waals surface area contributed by atoms with Crippen molar-refractivity contribution in [2.45, 2.75) is 140 Å². The molecule has 3 aliphatic rings. The molecule has 342 valence electrons. The van der Waals surface area contributed by atoms with Crippen LogP contribution in [-0.4, -0.2) is 164 Å². The van der Waals surface area contributed by atoms with Crippen LogP contribution in [0, 0.1) is 11.8 Å². The van der Waals surface area contributed by atoms with Gasteiger partial charge in [0.05, 0.1) is 18.9 Å². The topological polar surface area (TPSA) is 321 Å². The van der Waals surface area contributed by atoms with Crippen LogP contribution in [0.25, 0.3) is 0 Å². The predicted octanol–water partition coefficient (Wildman–Crippen LogP) is -1.88. The molecule has 0 aromatic heterocycles. The van der Waals surface area contributed by atoms with Crippen molar-refractivity contribution in [3.63, 3.8) is 0 Å². The van der Waals surface area contributed by atoms with E-state index in [9.17, 15) is 58.2 Å². The molecule has 22 heteroatoms. The van der Waals surface area contributed by atoms with Gasteiger partial charge in [-0.25, -0.2) is 4.79 Å². The van der Waals surface area contributed by atoms with Crippen molar-refractivity contribution in [2.75, 3.05) is 31.6 Å². The number of hydrogen-bond donors (Lipinski definition) is 8. The lowest BCUT2D eigenvalue weighted by Crippen LogP contribution is -2.60. The third-order valence-electron chi connectivity index (χ3n) is 11.0. The summed E-state index contributed by atoms with van der Waals surface area (Å²) in [5.74, 6) is -8.85. The van der Waals surface area contributed by atoms with Gasteiger partial charge in [0, 0.05) is 19.6 Å². The second kappa shape index (κ2) is 23.3. The summed E-state index contributed by atoms with van der Waals surface area (Å²) in [5.41, 5.74) is 11.6. The Balaban J connectivity index is 1.75. The number of likely N-dealkylation sites (tertiary alicyclic amines) is 3. The van der Waals surface area contributed by atoms with E-state index in [1.165, 1.54) is 21.6 Å². The molecule has 10 N–H and O–H groups in total. The van der Waals surface area contributed by atoms with Crippen LogP contribution in [0.2, 0.25) is 0 Å². The molecule has 61 heavy (non-hydrogen) atoms. The number of carbonyl (C=O) groups excluding carboxylic acids is 8. The largest absolute Gasteiger partial charge is 0.481 e. The van der Waals surface area contributed by atoms with Gasteiger partial charge in [0.2, 0.25) is 47.3 Å². The highest BCUT2D eigenvalue weighted by atomic mass is 32.2. The van der Waals surface area contributed by atoms with Crippen molar-refractivity contribution in [2.24, 2.45) is 23.3 Å². The van der Waals surface area contributed by atoms with E-state index in [-0.39, 0.29) is 44.2 Å². The van der Waals surface area contributed by atoms with Crippen molar-refractivity contribution >= 4 is 71.0 Å². The minimum Gasteiger partial charge on any atom is -0.481 e. The third-order valence-corrected chi connectivity index (χ3v) is 11.7. The third kappa shape index (κ3) is 14.0. The molecule has 0 aromatic rings. The predicted molar refractivity (Wildman–Crippen MR) is 221 cm³/mol. The van der Waals surface area contributed by atoms with Crippen LogP contribution in [0.5, 0.6) is 0 Å². The van der Waals surface area contributed by atoms with Crippen molar-refractivity contribution in [1.82, 2.24) is 36.0 Å². The van der Waals surface area contributed by atoms with Gasteiger partial charge in [0.25, 0.3) is 0 Å². The maximum absolute atomic E-state index is 14.0. The minimum absolute atomic E-state index is 0.00463. The van der Waals surface area contributed by atoms with Gasteiger partial charge in [0.1, 0.15) is 42.3 Å². The first-order chi connectivity index (χ1) is 28.7. The number of rotatable bonds is 22. The molecule has 0 unspecified atom stereocenters. The smallest absolute Gasteiger partial charge is 0.326 e. The number of nitrogens with one attached hydrogen (secondary N) is 4. The number of carbonyl (C=O) groups is 10. The standard InChI is InChI=1S/C39H63N9O12S/c1-20(2)17-25(39(59)60)44-35(55)31(21(3)4)45-34(54)27-10-6-13-46(27)37(57)24(18-29(41)49)43-32(52)23(19-30(50)51)42-33(53)26-9-7-14-47(26)38(58)28-11-8-15-48(28)36(56)22(40)12-16-61-5/h20-28,31H,6-19,40H2,1-5H3,(H2,41,49)(H,42,53)(H,43,52)(H,44,55)(H,45,54)(H,50,51)(H,59,60)/t22-,23-,24-,25-,26-,27-,28-,31-/m0/s1. The molecule has 0 spiro atoms. The van der Waals surface area contributed by atoms with Gasteiger partial charge >= 0.3 is 11.9 Å². The molecule has 3 rings (SSSR count). The Kier molecular flexibility index (Phi) is 19.2. The Morgan fingerprint density at radius 2 is 1.20 bits per heavy atom. The number of primary amides is 1. The van der Waals surface area contributed by atoms with Gasteiger partial charge in [0.15, 0.2) is 0 Å². The number of nitrogens with zero attached hydrogens (tertiary/aromatic N) is 3. The zero-order chi connectivity index (χ0) is 45.7. The summed E-state index contributed by atoms with van der Waals surface area (Å²) in [7, 11) is 0. The van der Waals surface area contributed by atoms with E-state index in [1.807, 2.05) is 6.26 Å². The zero-order valence-corrected chi connectivity index (χ0v) is 36.4. The molecule has 0 bridgehead atoms. The molecule has 0 radical (unpaired) electrons. The average Bonchev–Trinajstić information content (AvgIpc) is 3.98. The van der Waals surface area contributed by atoms with E-state index >= 15 is 0 Å². The first-order valence-corrected chi connectivity index (χ1v) is 22.2. The van der Waals surface area contributed by atoms with Crippen LogP contribution in [0.1, 0.15) is 91.9 Å². The van der Waals surface area contributed by atoms with Gasteiger partial charge < -0.3 is 57.6 Å². The van der Waals surface area contributed by atoms with Gasteiger partial charge in [-0.3, -0.25) is 43.2 Å². The number of amides is 8. The van der Waals surface area contributed by atoms with E-state index in [2.05, 4.69) is 21.3 Å². The highest BCUT2D eigenvalue weighted by molar-refractivity contribution is 7.98. The van der Waals surface area contributed by atoms with Crippen LogP contribution in [0.3, 0.4) is 0 Å². The zero-order valence-electron chi connectivity index (χ0n) is 35.6. The summed E-state index contributed by atoms with van der Waals surface area (Å²) in [6.45, 7) is 7.38. The van der Waals surface area contributed by atoms with Gasteiger partial charge in [-0.15, -0.1) is 0 Å². The van der Waals surface area contributed by atoms with Crippen LogP contribution >= 0.6 is 11.8 Å². The fraction of sp³-hybridized carbons (Fsp3) is 0.744. The van der Waals surface area contributed by atoms with Gasteiger partial charge in [-0.05, 0) is 75.2 Å². The summed E-state index contributed by atoms with van der Waals surface area (Å²) >= 11 is 1.54. The second-order valence-corrected chi connectivity index (χ2v) is 17.6.